The van der Waals surface area contributed by atoms with Gasteiger partial charge in [-0.1, -0.05) is 6.07 Å². The SMILES string of the molecule is COc1cc(C(=O)NC(=Nc2ccc(C)c([N+](=O)[O-])c2)NC(=O)OC(C)(C)C)cc(C)c1C. The van der Waals surface area contributed by atoms with E-state index >= 15 is 0 Å². The minimum absolute atomic E-state index is 0.141. The molecule has 2 aromatic rings. The zero-order chi connectivity index (χ0) is 24.9. The number of hydrogen-bond donors (Lipinski definition) is 2. The highest BCUT2D eigenvalue weighted by atomic mass is 16.6. The third-order valence-corrected chi connectivity index (χ3v) is 4.58. The lowest BCUT2D eigenvalue weighted by atomic mass is 10.0. The van der Waals surface area contributed by atoms with Crippen LogP contribution in [0.1, 0.15) is 47.8 Å². The summed E-state index contributed by atoms with van der Waals surface area (Å²) >= 11 is 0. The predicted octanol–water partition coefficient (Wildman–Crippen LogP) is 4.47. The van der Waals surface area contributed by atoms with Crippen molar-refractivity contribution in [3.05, 3.63) is 62.7 Å². The quantitative estimate of drug-likeness (QED) is 0.302. The molecule has 0 saturated heterocycles. The smallest absolute Gasteiger partial charge is 0.414 e. The van der Waals surface area contributed by atoms with Gasteiger partial charge in [0.05, 0.1) is 17.7 Å². The molecule has 0 atom stereocenters. The zero-order valence-electron chi connectivity index (χ0n) is 19.7. The number of hydrogen-bond acceptors (Lipinski definition) is 7. The Morgan fingerprint density at radius 3 is 2.27 bits per heavy atom. The average molecular weight is 456 g/mol. The molecule has 0 aromatic heterocycles. The molecule has 10 nitrogen and oxygen atoms in total. The van der Waals surface area contributed by atoms with Gasteiger partial charge in [-0.2, -0.15) is 0 Å². The molecule has 0 saturated carbocycles. The molecule has 0 heterocycles. The number of rotatable bonds is 4. The number of guanidine groups is 1. The van der Waals surface area contributed by atoms with Crippen LogP contribution in [0.15, 0.2) is 35.3 Å². The fraction of sp³-hybridized carbons (Fsp3) is 0.348. The summed E-state index contributed by atoms with van der Waals surface area (Å²) in [6, 6.07) is 7.55. The molecule has 176 valence electrons. The van der Waals surface area contributed by atoms with Gasteiger partial charge in [0.1, 0.15) is 11.4 Å². The van der Waals surface area contributed by atoms with Gasteiger partial charge >= 0.3 is 6.09 Å². The van der Waals surface area contributed by atoms with E-state index < -0.39 is 22.5 Å². The Balaban J connectivity index is 2.43. The molecule has 2 N–H and O–H groups in total. The number of nitro benzene ring substituents is 1. The summed E-state index contributed by atoms with van der Waals surface area (Å²) in [6.07, 6.45) is -0.846. The molecular weight excluding hydrogens is 428 g/mol. The summed E-state index contributed by atoms with van der Waals surface area (Å²) < 4.78 is 10.6. The fourth-order valence-corrected chi connectivity index (χ4v) is 2.83. The van der Waals surface area contributed by atoms with Crippen LogP contribution >= 0.6 is 0 Å². The normalized spacial score (nSPS) is 11.5. The number of aliphatic imine (C=N–C) groups is 1. The second-order valence-electron chi connectivity index (χ2n) is 8.39. The van der Waals surface area contributed by atoms with Crippen molar-refractivity contribution < 1.29 is 24.0 Å². The fourth-order valence-electron chi connectivity index (χ4n) is 2.83. The van der Waals surface area contributed by atoms with Crippen molar-refractivity contribution in [3.8, 4) is 5.75 Å². The number of methoxy groups -OCH3 is 1. The van der Waals surface area contributed by atoms with Crippen molar-refractivity contribution in [1.29, 1.82) is 0 Å². The van der Waals surface area contributed by atoms with E-state index in [-0.39, 0.29) is 22.9 Å². The molecule has 0 aliphatic heterocycles. The van der Waals surface area contributed by atoms with E-state index in [0.717, 1.165) is 11.1 Å². The predicted molar refractivity (Wildman–Crippen MR) is 124 cm³/mol. The summed E-state index contributed by atoms with van der Waals surface area (Å²) in [4.78, 5) is 40.2. The van der Waals surface area contributed by atoms with Gasteiger partial charge in [-0.05, 0) is 70.9 Å². The van der Waals surface area contributed by atoms with Crippen molar-refractivity contribution in [2.45, 2.75) is 47.1 Å². The van der Waals surface area contributed by atoms with Crippen molar-refractivity contribution in [2.75, 3.05) is 7.11 Å². The van der Waals surface area contributed by atoms with Crippen molar-refractivity contribution in [2.24, 2.45) is 4.99 Å². The summed E-state index contributed by atoms with van der Waals surface area (Å²) in [6.45, 7) is 10.4. The molecular formula is C23H28N4O6. The first-order valence-electron chi connectivity index (χ1n) is 10.1. The van der Waals surface area contributed by atoms with Crippen LogP contribution in [0.5, 0.6) is 5.75 Å². The number of carbonyl (C=O) groups is 2. The number of nitro groups is 1. The molecule has 0 unspecified atom stereocenters. The molecule has 0 spiro atoms. The molecule has 0 bridgehead atoms. The van der Waals surface area contributed by atoms with Crippen molar-refractivity contribution in [3.63, 3.8) is 0 Å². The number of amides is 2. The van der Waals surface area contributed by atoms with Crippen LogP contribution in [0.4, 0.5) is 16.2 Å². The zero-order valence-corrected chi connectivity index (χ0v) is 19.7. The average Bonchev–Trinajstić information content (AvgIpc) is 2.69. The highest BCUT2D eigenvalue weighted by molar-refractivity contribution is 6.09. The molecule has 0 radical (unpaired) electrons. The number of benzene rings is 2. The Morgan fingerprint density at radius 2 is 1.70 bits per heavy atom. The van der Waals surface area contributed by atoms with Crippen LogP contribution in [0.25, 0.3) is 0 Å². The Morgan fingerprint density at radius 1 is 1.03 bits per heavy atom. The van der Waals surface area contributed by atoms with Gasteiger partial charge in [0.25, 0.3) is 11.6 Å². The summed E-state index contributed by atoms with van der Waals surface area (Å²) in [5, 5.41) is 16.2. The molecule has 2 aromatic carbocycles. The van der Waals surface area contributed by atoms with E-state index in [1.165, 1.54) is 25.3 Å². The van der Waals surface area contributed by atoms with Crippen LogP contribution in [0.2, 0.25) is 0 Å². The highest BCUT2D eigenvalue weighted by Gasteiger charge is 2.20. The standard InChI is InChI=1S/C23H28N4O6/c1-13-8-9-17(12-18(13)27(30)31)24-21(26-22(29)33-23(4,5)6)25-20(28)16-10-14(2)15(3)19(11-16)32-7/h8-12H,1-7H3,(H2,24,25,26,28,29). The Kier molecular flexibility index (Phi) is 7.76. The second kappa shape index (κ2) is 10.1. The maximum atomic E-state index is 12.9. The molecule has 0 aliphatic carbocycles. The van der Waals surface area contributed by atoms with Crippen LogP contribution in [-0.2, 0) is 4.74 Å². The second-order valence-corrected chi connectivity index (χ2v) is 8.39. The number of alkyl carbamates (subject to hydrolysis) is 1. The number of carbonyl (C=O) groups excluding carboxylic acids is 2. The van der Waals surface area contributed by atoms with Crippen molar-refractivity contribution >= 4 is 29.3 Å². The molecule has 0 fully saturated rings. The van der Waals surface area contributed by atoms with Crippen LogP contribution in [-0.4, -0.2) is 35.6 Å². The van der Waals surface area contributed by atoms with Gasteiger partial charge < -0.3 is 9.47 Å². The van der Waals surface area contributed by atoms with Gasteiger partial charge in [-0.3, -0.25) is 25.5 Å². The third-order valence-electron chi connectivity index (χ3n) is 4.58. The maximum absolute atomic E-state index is 12.9. The van der Waals surface area contributed by atoms with Gasteiger partial charge in [0, 0.05) is 17.2 Å². The van der Waals surface area contributed by atoms with E-state index in [1.807, 2.05) is 13.8 Å². The molecule has 33 heavy (non-hydrogen) atoms. The molecule has 10 heteroatoms. The maximum Gasteiger partial charge on any atom is 0.414 e. The highest BCUT2D eigenvalue weighted by Crippen LogP contribution is 2.25. The lowest BCUT2D eigenvalue weighted by Gasteiger charge is -2.20. The van der Waals surface area contributed by atoms with Crippen molar-refractivity contribution in [1.82, 2.24) is 10.6 Å². The van der Waals surface area contributed by atoms with Crippen LogP contribution < -0.4 is 15.4 Å². The van der Waals surface area contributed by atoms with Crippen LogP contribution in [0.3, 0.4) is 0 Å². The summed E-state index contributed by atoms with van der Waals surface area (Å²) in [5.41, 5.74) is 1.70. The Labute approximate surface area is 192 Å². The molecule has 0 aliphatic rings. The summed E-state index contributed by atoms with van der Waals surface area (Å²) in [7, 11) is 1.50. The largest absolute Gasteiger partial charge is 0.496 e. The third kappa shape index (κ3) is 7.03. The lowest BCUT2D eigenvalue weighted by Crippen LogP contribution is -2.45. The Hall–Kier alpha value is -3.95. The van der Waals surface area contributed by atoms with Gasteiger partial charge in [0.15, 0.2) is 0 Å². The van der Waals surface area contributed by atoms with E-state index in [1.54, 1.807) is 39.8 Å². The number of ether oxygens (including phenoxy) is 2. The first-order chi connectivity index (χ1) is 15.3. The summed E-state index contributed by atoms with van der Waals surface area (Å²) in [5.74, 6) is -0.273. The van der Waals surface area contributed by atoms with Crippen LogP contribution in [0, 0.1) is 30.9 Å². The topological polar surface area (TPSA) is 132 Å². The van der Waals surface area contributed by atoms with Gasteiger partial charge in [0.2, 0.25) is 5.96 Å². The van der Waals surface area contributed by atoms with Gasteiger partial charge in [-0.25, -0.2) is 9.79 Å². The molecule has 2 amide bonds. The van der Waals surface area contributed by atoms with Gasteiger partial charge in [-0.15, -0.1) is 0 Å². The number of nitrogens with one attached hydrogen (secondary N) is 2. The number of nitrogens with zero attached hydrogens (tertiary/aromatic N) is 2. The van der Waals surface area contributed by atoms with E-state index in [9.17, 15) is 19.7 Å². The first-order valence-corrected chi connectivity index (χ1v) is 10.1. The first kappa shape index (κ1) is 25.3. The minimum Gasteiger partial charge on any atom is -0.496 e. The monoisotopic (exact) mass is 456 g/mol. The number of aryl methyl sites for hydroxylation is 2. The Bertz CT molecular complexity index is 1120. The minimum atomic E-state index is -0.846. The van der Waals surface area contributed by atoms with E-state index in [0.29, 0.717) is 11.3 Å². The lowest BCUT2D eigenvalue weighted by molar-refractivity contribution is -0.385. The van der Waals surface area contributed by atoms with E-state index in [4.69, 9.17) is 9.47 Å². The van der Waals surface area contributed by atoms with E-state index in [2.05, 4.69) is 15.6 Å². The molecule has 2 rings (SSSR count).